The standard InChI is InChI=1S/C45H30N2/c1-3-14-31(15-4-1)34-18-13-19-35(30-34)44-39-22-9-7-20-37(39)43(38-21-8-10-23-40(38)44)32-26-28-36(29-27-32)47-42-25-12-11-24-41(42)46-45(47)33-16-5-2-6-17-33/h1-30H/i1D,2D,3D,4D,5D,6D,7D,8D,9D,10D,14D,15D,16D,17D,20D,21D,22D,23D. The van der Waals surface area contributed by atoms with Gasteiger partial charge in [0.25, 0.3) is 0 Å². The molecule has 0 saturated heterocycles. The van der Waals surface area contributed by atoms with Gasteiger partial charge in [0, 0.05) is 11.3 Å². The molecule has 0 unspecified atom stereocenters. The molecule has 220 valence electrons. The third-order valence-corrected chi connectivity index (χ3v) is 8.01. The van der Waals surface area contributed by atoms with Gasteiger partial charge in [-0.3, -0.25) is 4.57 Å². The van der Waals surface area contributed by atoms with Crippen LogP contribution in [0.25, 0.3) is 83.0 Å². The summed E-state index contributed by atoms with van der Waals surface area (Å²) in [6.07, 6.45) is 0. The maximum absolute atomic E-state index is 9.35. The summed E-state index contributed by atoms with van der Waals surface area (Å²) < 4.78 is 158. The highest BCUT2D eigenvalue weighted by Gasteiger charge is 2.18. The largest absolute Gasteiger partial charge is 0.292 e. The Morgan fingerprint density at radius 3 is 1.60 bits per heavy atom. The van der Waals surface area contributed by atoms with Crippen molar-refractivity contribution in [3.63, 3.8) is 0 Å². The molecule has 9 rings (SSSR count). The number of nitrogens with zero attached hydrogens (tertiary/aromatic N) is 2. The van der Waals surface area contributed by atoms with Gasteiger partial charge in [-0.15, -0.1) is 0 Å². The molecule has 8 aromatic carbocycles. The van der Waals surface area contributed by atoms with Gasteiger partial charge in [0.05, 0.1) is 35.7 Å². The monoisotopic (exact) mass is 616 g/mol. The van der Waals surface area contributed by atoms with Crippen molar-refractivity contribution in [1.82, 2.24) is 9.55 Å². The van der Waals surface area contributed by atoms with Crippen LogP contribution in [0.15, 0.2) is 182 Å². The van der Waals surface area contributed by atoms with Crippen molar-refractivity contribution < 1.29 is 24.7 Å². The average Bonchev–Trinajstić information content (AvgIpc) is 3.69. The fraction of sp³-hybridized carbons (Fsp3) is 0. The molecule has 0 spiro atoms. The lowest BCUT2D eigenvalue weighted by atomic mass is 9.85. The number of hydrogen-bond donors (Lipinski definition) is 0. The number of para-hydroxylation sites is 2. The van der Waals surface area contributed by atoms with E-state index >= 15 is 0 Å². The van der Waals surface area contributed by atoms with Crippen molar-refractivity contribution in [2.75, 3.05) is 0 Å². The summed E-state index contributed by atoms with van der Waals surface area (Å²) in [5, 5.41) is -0.375. The Hall–Kier alpha value is -6.25. The summed E-state index contributed by atoms with van der Waals surface area (Å²) in [6, 6.07) is 9.50. The molecule has 0 amide bonds. The van der Waals surface area contributed by atoms with Crippen LogP contribution in [0.4, 0.5) is 0 Å². The number of rotatable bonds is 5. The maximum Gasteiger partial charge on any atom is 0.145 e. The molecule has 0 saturated carbocycles. The molecule has 47 heavy (non-hydrogen) atoms. The second kappa shape index (κ2) is 11.3. The lowest BCUT2D eigenvalue weighted by molar-refractivity contribution is 1.10. The molecule has 0 fully saturated rings. The Morgan fingerprint density at radius 1 is 0.426 bits per heavy atom. The highest BCUT2D eigenvalue weighted by molar-refractivity contribution is 6.21. The highest BCUT2D eigenvalue weighted by atomic mass is 15.1. The first kappa shape index (κ1) is 14.5. The minimum Gasteiger partial charge on any atom is -0.292 e. The molecular weight excluding hydrogens is 569 g/mol. The number of hydrogen-bond acceptors (Lipinski definition) is 1. The van der Waals surface area contributed by atoms with Crippen LogP contribution >= 0.6 is 0 Å². The van der Waals surface area contributed by atoms with E-state index in [1.807, 2.05) is 0 Å². The van der Waals surface area contributed by atoms with E-state index in [1.165, 1.54) is 18.2 Å². The molecule has 1 heterocycles. The molecule has 0 aliphatic carbocycles. The zero-order valence-electron chi connectivity index (χ0n) is 42.3. The average molecular weight is 617 g/mol. The van der Waals surface area contributed by atoms with Gasteiger partial charge in [0.15, 0.2) is 0 Å². The van der Waals surface area contributed by atoms with Crippen molar-refractivity contribution >= 4 is 32.6 Å². The first-order valence-electron chi connectivity index (χ1n) is 23.6. The summed E-state index contributed by atoms with van der Waals surface area (Å²) in [5.74, 6) is 0.0466. The molecule has 2 nitrogen and oxygen atoms in total. The summed E-state index contributed by atoms with van der Waals surface area (Å²) in [7, 11) is 0. The Morgan fingerprint density at radius 2 is 0.957 bits per heavy atom. The SMILES string of the molecule is [2H]c1c([2H])c([2H])c(-c2cccc(-c3c4c([2H])c([2H])c([2H])c([2H])c4c(-c4ccc(-n5c(-c6c([2H])c([2H])c([2H])c([2H])c6[2H])nc6ccccc65)cc4)c4c([2H])c([2H])c([2H])c([2H])c34)c2)c([2H])c1[2H]. The van der Waals surface area contributed by atoms with Gasteiger partial charge in [-0.1, -0.05) is 151 Å². The molecule has 9 aromatic rings. The van der Waals surface area contributed by atoms with Crippen LogP contribution < -0.4 is 0 Å². The number of benzene rings is 8. The van der Waals surface area contributed by atoms with Crippen LogP contribution in [0.3, 0.4) is 0 Å². The van der Waals surface area contributed by atoms with Crippen LogP contribution in [0.5, 0.6) is 0 Å². The van der Waals surface area contributed by atoms with E-state index in [0.717, 1.165) is 0 Å². The first-order chi connectivity index (χ1) is 30.8. The molecule has 0 bridgehead atoms. The summed E-state index contributed by atoms with van der Waals surface area (Å²) in [5.41, 5.74) is 1.73. The van der Waals surface area contributed by atoms with E-state index in [9.17, 15) is 5.48 Å². The van der Waals surface area contributed by atoms with Crippen LogP contribution in [-0.4, -0.2) is 9.55 Å². The molecule has 0 N–H and O–H groups in total. The maximum atomic E-state index is 9.35. The van der Waals surface area contributed by atoms with Crippen molar-refractivity contribution in [1.29, 1.82) is 0 Å². The molecule has 0 aliphatic rings. The predicted molar refractivity (Wildman–Crippen MR) is 198 cm³/mol. The Balaban J connectivity index is 1.38. The Kier molecular flexibility index (Phi) is 3.47. The van der Waals surface area contributed by atoms with Crippen molar-refractivity contribution in [2.24, 2.45) is 0 Å². The van der Waals surface area contributed by atoms with Gasteiger partial charge >= 0.3 is 0 Å². The summed E-state index contributed by atoms with van der Waals surface area (Å²) in [6.45, 7) is 0. The van der Waals surface area contributed by atoms with Crippen LogP contribution in [0.1, 0.15) is 24.7 Å². The number of aromatic nitrogens is 2. The quantitative estimate of drug-likeness (QED) is 0.176. The van der Waals surface area contributed by atoms with Crippen molar-refractivity contribution in [3.8, 4) is 50.5 Å². The Labute approximate surface area is 299 Å². The van der Waals surface area contributed by atoms with Crippen LogP contribution in [-0.2, 0) is 0 Å². The smallest absolute Gasteiger partial charge is 0.145 e. The fourth-order valence-corrected chi connectivity index (χ4v) is 6.02. The Bertz CT molecular complexity index is 3440. The lowest BCUT2D eigenvalue weighted by Crippen LogP contribution is -1.98. The minimum absolute atomic E-state index is 0.00302. The van der Waals surface area contributed by atoms with Gasteiger partial charge in [0.2, 0.25) is 0 Å². The zero-order chi connectivity index (χ0) is 46.8. The lowest BCUT2D eigenvalue weighted by Gasteiger charge is -2.18. The third-order valence-electron chi connectivity index (χ3n) is 8.01. The zero-order valence-corrected chi connectivity index (χ0v) is 24.3. The third kappa shape index (κ3) is 4.62. The number of imidazole rings is 1. The van der Waals surface area contributed by atoms with Gasteiger partial charge in [-0.05, 0) is 85.3 Å². The molecule has 2 heteroatoms. The summed E-state index contributed by atoms with van der Waals surface area (Å²) >= 11 is 0. The topological polar surface area (TPSA) is 17.8 Å². The molecule has 1 aromatic heterocycles. The van der Waals surface area contributed by atoms with Gasteiger partial charge in [0.1, 0.15) is 5.82 Å². The molecule has 0 radical (unpaired) electrons. The van der Waals surface area contributed by atoms with Crippen LogP contribution in [0, 0.1) is 0 Å². The van der Waals surface area contributed by atoms with E-state index in [2.05, 4.69) is 0 Å². The van der Waals surface area contributed by atoms with Crippen LogP contribution in [0.2, 0.25) is 0 Å². The van der Waals surface area contributed by atoms with E-state index in [1.54, 1.807) is 59.2 Å². The minimum atomic E-state index is -0.626. The highest BCUT2D eigenvalue weighted by Crippen LogP contribution is 2.44. The van der Waals surface area contributed by atoms with Gasteiger partial charge in [-0.2, -0.15) is 0 Å². The van der Waals surface area contributed by atoms with Crippen molar-refractivity contribution in [3.05, 3.63) is 182 Å². The summed E-state index contributed by atoms with van der Waals surface area (Å²) in [4.78, 5) is 4.70. The van der Waals surface area contributed by atoms with Crippen molar-refractivity contribution in [2.45, 2.75) is 0 Å². The van der Waals surface area contributed by atoms with Gasteiger partial charge < -0.3 is 0 Å². The predicted octanol–water partition coefficient (Wildman–Crippen LogP) is 12.0. The fourth-order valence-electron chi connectivity index (χ4n) is 6.02. The molecule has 0 atom stereocenters. The first-order valence-corrected chi connectivity index (χ1v) is 14.6. The van der Waals surface area contributed by atoms with E-state index < -0.39 is 109 Å². The van der Waals surface area contributed by atoms with Gasteiger partial charge in [-0.25, -0.2) is 4.98 Å². The number of fused-ring (bicyclic) bond motifs is 3. The second-order valence-electron chi connectivity index (χ2n) is 10.6. The second-order valence-corrected chi connectivity index (χ2v) is 10.6. The molecular formula is C45H30N2. The van der Waals surface area contributed by atoms with E-state index in [-0.39, 0.29) is 66.3 Å². The van der Waals surface area contributed by atoms with E-state index in [0.29, 0.717) is 16.7 Å². The van der Waals surface area contributed by atoms with E-state index in [4.69, 9.17) is 24.2 Å². The normalized spacial score (nSPS) is 16.8. The molecule has 0 aliphatic heterocycles.